The monoisotopic (exact) mass is 265 g/mol. The lowest BCUT2D eigenvalue weighted by Gasteiger charge is -2.22. The number of anilines is 1. The summed E-state index contributed by atoms with van der Waals surface area (Å²) < 4.78 is 10.5. The Hall–Kier alpha value is -1.71. The van der Waals surface area contributed by atoms with E-state index >= 15 is 0 Å². The lowest BCUT2D eigenvalue weighted by Crippen LogP contribution is -2.26. The lowest BCUT2D eigenvalue weighted by molar-refractivity contribution is -0.150. The molecule has 0 spiro atoms. The number of nitrogens with zero attached hydrogens (tertiary/aromatic N) is 1. The van der Waals surface area contributed by atoms with Crippen molar-refractivity contribution >= 4 is 11.7 Å². The number of hydrogen-bond acceptors (Lipinski definition) is 4. The Balaban J connectivity index is 2.74. The van der Waals surface area contributed by atoms with E-state index in [1.807, 2.05) is 24.3 Å². The first kappa shape index (κ1) is 15.3. The molecule has 19 heavy (non-hydrogen) atoms. The molecule has 0 N–H and O–H groups in total. The molecule has 0 saturated carbocycles. The highest BCUT2D eigenvalue weighted by molar-refractivity contribution is 5.74. The molecule has 1 aromatic carbocycles. The fraction of sp³-hybridized carbons (Fsp3) is 0.533. The number of ether oxygens (including phenoxy) is 2. The Bertz CT molecular complexity index is 402. The molecule has 1 rings (SSSR count). The van der Waals surface area contributed by atoms with Crippen molar-refractivity contribution in [2.24, 2.45) is 0 Å². The van der Waals surface area contributed by atoms with E-state index in [0.717, 1.165) is 18.8 Å². The molecule has 1 unspecified atom stereocenters. The highest BCUT2D eigenvalue weighted by atomic mass is 16.6. The molecule has 106 valence electrons. The topological polar surface area (TPSA) is 38.8 Å². The van der Waals surface area contributed by atoms with Gasteiger partial charge in [-0.2, -0.15) is 0 Å². The van der Waals surface area contributed by atoms with Crippen molar-refractivity contribution in [1.82, 2.24) is 0 Å². The zero-order valence-corrected chi connectivity index (χ0v) is 12.2. The van der Waals surface area contributed by atoms with Gasteiger partial charge in [-0.25, -0.2) is 4.79 Å². The number of benzene rings is 1. The van der Waals surface area contributed by atoms with Crippen molar-refractivity contribution in [3.8, 4) is 5.75 Å². The largest absolute Gasteiger partial charge is 0.479 e. The van der Waals surface area contributed by atoms with Gasteiger partial charge in [-0.3, -0.25) is 0 Å². The Morgan fingerprint density at radius 2 is 1.95 bits per heavy atom. The molecule has 0 aliphatic heterocycles. The number of carbonyl (C=O) groups is 1. The van der Waals surface area contributed by atoms with Gasteiger partial charge in [-0.05, 0) is 39.8 Å². The van der Waals surface area contributed by atoms with Crippen LogP contribution in [-0.4, -0.2) is 31.8 Å². The van der Waals surface area contributed by atoms with Crippen LogP contribution < -0.4 is 9.64 Å². The second kappa shape index (κ2) is 7.67. The van der Waals surface area contributed by atoms with Crippen molar-refractivity contribution < 1.29 is 14.3 Å². The van der Waals surface area contributed by atoms with Gasteiger partial charge in [-0.1, -0.05) is 6.07 Å². The van der Waals surface area contributed by atoms with Crippen LogP contribution in [0.2, 0.25) is 0 Å². The van der Waals surface area contributed by atoms with Crippen LogP contribution in [0.25, 0.3) is 0 Å². The van der Waals surface area contributed by atoms with Crippen LogP contribution in [0, 0.1) is 0 Å². The van der Waals surface area contributed by atoms with Crippen molar-refractivity contribution in [2.75, 3.05) is 24.6 Å². The minimum atomic E-state index is -0.591. The molecule has 0 aliphatic rings. The first-order valence-corrected chi connectivity index (χ1v) is 6.80. The molecule has 0 bridgehead atoms. The van der Waals surface area contributed by atoms with Gasteiger partial charge in [0, 0.05) is 24.8 Å². The van der Waals surface area contributed by atoms with E-state index < -0.39 is 6.10 Å². The van der Waals surface area contributed by atoms with E-state index in [-0.39, 0.29) is 5.97 Å². The van der Waals surface area contributed by atoms with Gasteiger partial charge < -0.3 is 14.4 Å². The summed E-state index contributed by atoms with van der Waals surface area (Å²) in [6, 6.07) is 7.77. The predicted octanol–water partition coefficient (Wildman–Crippen LogP) is 2.86. The van der Waals surface area contributed by atoms with Gasteiger partial charge >= 0.3 is 5.97 Å². The minimum absolute atomic E-state index is 0.337. The second-order valence-electron chi connectivity index (χ2n) is 4.18. The second-order valence-corrected chi connectivity index (χ2v) is 4.18. The van der Waals surface area contributed by atoms with Crippen LogP contribution in [0.4, 0.5) is 5.69 Å². The normalized spacial score (nSPS) is 11.8. The molecule has 4 nitrogen and oxygen atoms in total. The Morgan fingerprint density at radius 1 is 1.26 bits per heavy atom. The summed E-state index contributed by atoms with van der Waals surface area (Å²) in [4.78, 5) is 13.7. The summed E-state index contributed by atoms with van der Waals surface area (Å²) in [7, 11) is 0. The van der Waals surface area contributed by atoms with Crippen LogP contribution in [0.15, 0.2) is 24.3 Å². The van der Waals surface area contributed by atoms with Gasteiger partial charge in [0.05, 0.1) is 6.61 Å². The summed E-state index contributed by atoms with van der Waals surface area (Å²) in [5, 5.41) is 0. The minimum Gasteiger partial charge on any atom is -0.479 e. The quantitative estimate of drug-likeness (QED) is 0.711. The Labute approximate surface area is 115 Å². The standard InChI is InChI=1S/C15H23NO3/c1-5-16(6-2)13-9-8-10-14(11-13)19-12(4)15(17)18-7-3/h8-12H,5-7H2,1-4H3. The smallest absolute Gasteiger partial charge is 0.347 e. The van der Waals surface area contributed by atoms with Crippen LogP contribution in [0.1, 0.15) is 27.7 Å². The maximum absolute atomic E-state index is 11.5. The first-order valence-electron chi connectivity index (χ1n) is 6.80. The summed E-state index contributed by atoms with van der Waals surface area (Å²) in [5.74, 6) is 0.348. The average Bonchev–Trinajstić information content (AvgIpc) is 2.41. The van der Waals surface area contributed by atoms with Gasteiger partial charge in [0.1, 0.15) is 5.75 Å². The fourth-order valence-electron chi connectivity index (χ4n) is 1.85. The summed E-state index contributed by atoms with van der Waals surface area (Å²) >= 11 is 0. The number of rotatable bonds is 7. The average molecular weight is 265 g/mol. The summed E-state index contributed by atoms with van der Waals surface area (Å²) in [5.41, 5.74) is 1.10. The first-order chi connectivity index (χ1) is 9.12. The van der Waals surface area contributed by atoms with Crippen LogP contribution in [0.3, 0.4) is 0 Å². The van der Waals surface area contributed by atoms with E-state index in [2.05, 4.69) is 18.7 Å². The maximum atomic E-state index is 11.5. The molecular weight excluding hydrogens is 242 g/mol. The van der Waals surface area contributed by atoms with Crippen molar-refractivity contribution in [3.05, 3.63) is 24.3 Å². The van der Waals surface area contributed by atoms with Gasteiger partial charge in [0.25, 0.3) is 0 Å². The third kappa shape index (κ3) is 4.47. The lowest BCUT2D eigenvalue weighted by atomic mass is 10.2. The van der Waals surface area contributed by atoms with Crippen molar-refractivity contribution in [1.29, 1.82) is 0 Å². The zero-order valence-electron chi connectivity index (χ0n) is 12.2. The molecule has 0 radical (unpaired) electrons. The maximum Gasteiger partial charge on any atom is 0.347 e. The Kier molecular flexibility index (Phi) is 6.19. The van der Waals surface area contributed by atoms with E-state index in [9.17, 15) is 4.79 Å². The molecule has 1 atom stereocenters. The van der Waals surface area contributed by atoms with Crippen LogP contribution in [0.5, 0.6) is 5.75 Å². The van der Waals surface area contributed by atoms with Crippen LogP contribution >= 0.6 is 0 Å². The number of carbonyl (C=O) groups excluding carboxylic acids is 1. The van der Waals surface area contributed by atoms with E-state index in [0.29, 0.717) is 12.4 Å². The highest BCUT2D eigenvalue weighted by Gasteiger charge is 2.16. The van der Waals surface area contributed by atoms with E-state index in [1.54, 1.807) is 13.8 Å². The van der Waals surface area contributed by atoms with Crippen molar-refractivity contribution in [2.45, 2.75) is 33.8 Å². The van der Waals surface area contributed by atoms with E-state index in [4.69, 9.17) is 9.47 Å². The predicted molar refractivity (Wildman–Crippen MR) is 76.7 cm³/mol. The van der Waals surface area contributed by atoms with Crippen molar-refractivity contribution in [3.63, 3.8) is 0 Å². The SMILES string of the molecule is CCOC(=O)C(C)Oc1cccc(N(CC)CC)c1. The summed E-state index contributed by atoms with van der Waals surface area (Å²) in [6.07, 6.45) is -0.591. The van der Waals surface area contributed by atoms with Gasteiger partial charge in [0.15, 0.2) is 6.10 Å². The van der Waals surface area contributed by atoms with Gasteiger partial charge in [-0.15, -0.1) is 0 Å². The molecule has 0 aliphatic carbocycles. The number of esters is 1. The van der Waals surface area contributed by atoms with Gasteiger partial charge in [0.2, 0.25) is 0 Å². The fourth-order valence-corrected chi connectivity index (χ4v) is 1.85. The third-order valence-electron chi connectivity index (χ3n) is 2.88. The Morgan fingerprint density at radius 3 is 2.53 bits per heavy atom. The molecule has 0 aromatic heterocycles. The zero-order chi connectivity index (χ0) is 14.3. The molecular formula is C15H23NO3. The number of hydrogen-bond donors (Lipinski definition) is 0. The molecule has 1 aromatic rings. The molecule has 0 saturated heterocycles. The molecule has 4 heteroatoms. The highest BCUT2D eigenvalue weighted by Crippen LogP contribution is 2.22. The molecule has 0 fully saturated rings. The van der Waals surface area contributed by atoms with Crippen LogP contribution in [-0.2, 0) is 9.53 Å². The third-order valence-corrected chi connectivity index (χ3v) is 2.88. The summed E-state index contributed by atoms with van der Waals surface area (Å²) in [6.45, 7) is 9.94. The van der Waals surface area contributed by atoms with E-state index in [1.165, 1.54) is 0 Å². The molecule has 0 heterocycles. The molecule has 0 amide bonds.